The van der Waals surface area contributed by atoms with Crippen molar-refractivity contribution in [3.05, 3.63) is 5.01 Å². The minimum atomic E-state index is -0.158. The first-order valence-electron chi connectivity index (χ1n) is 4.63. The summed E-state index contributed by atoms with van der Waals surface area (Å²) >= 11 is 1.28. The van der Waals surface area contributed by atoms with Crippen LogP contribution in [-0.4, -0.2) is 29.2 Å². The molecule has 6 heteroatoms. The number of hydrogen-bond acceptors (Lipinski definition) is 5. The van der Waals surface area contributed by atoms with Crippen LogP contribution in [0.25, 0.3) is 0 Å². The van der Waals surface area contributed by atoms with Gasteiger partial charge in [0.15, 0.2) is 0 Å². The molecule has 1 rings (SSSR count). The van der Waals surface area contributed by atoms with Gasteiger partial charge in [-0.2, -0.15) is 0 Å². The lowest BCUT2D eigenvalue weighted by molar-refractivity contribution is 0.0954. The number of carbonyl (C=O) groups excluding carboxylic acids is 1. The third kappa shape index (κ3) is 2.95. The third-order valence-corrected chi connectivity index (χ3v) is 2.36. The van der Waals surface area contributed by atoms with Gasteiger partial charge in [0.25, 0.3) is 5.91 Å². The predicted molar refractivity (Wildman–Crippen MR) is 56.7 cm³/mol. The van der Waals surface area contributed by atoms with Crippen LogP contribution in [0.4, 0.5) is 5.13 Å². The maximum absolute atomic E-state index is 11.3. The highest BCUT2D eigenvalue weighted by Crippen LogP contribution is 2.14. The van der Waals surface area contributed by atoms with E-state index in [1.807, 2.05) is 6.92 Å². The number of rotatable bonds is 5. The molecule has 0 aliphatic rings. The minimum absolute atomic E-state index is 0.158. The molecular formula is C8H14N4OS. The standard InChI is InChI=1S/C8H14N4OS/c1-3-5-10-8-12-11-7(14-8)6(13)9-4-2/h3-5H2,1-2H3,(H,9,13)(H,10,12). The topological polar surface area (TPSA) is 66.9 Å². The number of anilines is 1. The second-order valence-electron chi connectivity index (χ2n) is 2.70. The highest BCUT2D eigenvalue weighted by molar-refractivity contribution is 7.17. The molecule has 0 spiro atoms. The number of carbonyl (C=O) groups is 1. The quantitative estimate of drug-likeness (QED) is 0.770. The zero-order valence-electron chi connectivity index (χ0n) is 8.33. The fraction of sp³-hybridized carbons (Fsp3) is 0.625. The summed E-state index contributed by atoms with van der Waals surface area (Å²) in [6.45, 7) is 5.40. The van der Waals surface area contributed by atoms with E-state index in [1.54, 1.807) is 0 Å². The first-order valence-corrected chi connectivity index (χ1v) is 5.45. The maximum Gasteiger partial charge on any atom is 0.282 e. The first-order chi connectivity index (χ1) is 6.77. The van der Waals surface area contributed by atoms with Gasteiger partial charge in [0.1, 0.15) is 0 Å². The molecule has 1 heterocycles. The molecule has 0 aliphatic heterocycles. The van der Waals surface area contributed by atoms with Crippen molar-refractivity contribution in [3.63, 3.8) is 0 Å². The molecule has 78 valence electrons. The van der Waals surface area contributed by atoms with E-state index in [9.17, 15) is 4.79 Å². The Hall–Kier alpha value is -1.17. The molecule has 1 aromatic heterocycles. The normalized spacial score (nSPS) is 9.86. The number of aromatic nitrogens is 2. The van der Waals surface area contributed by atoms with E-state index in [-0.39, 0.29) is 5.91 Å². The fourth-order valence-corrected chi connectivity index (χ4v) is 1.54. The second-order valence-corrected chi connectivity index (χ2v) is 3.68. The van der Waals surface area contributed by atoms with Gasteiger partial charge in [-0.1, -0.05) is 18.3 Å². The Kier molecular flexibility index (Phi) is 4.31. The molecule has 0 saturated heterocycles. The average Bonchev–Trinajstić information content (AvgIpc) is 2.63. The van der Waals surface area contributed by atoms with Gasteiger partial charge < -0.3 is 10.6 Å². The Morgan fingerprint density at radius 1 is 1.43 bits per heavy atom. The molecule has 14 heavy (non-hydrogen) atoms. The summed E-state index contributed by atoms with van der Waals surface area (Å²) in [4.78, 5) is 11.3. The van der Waals surface area contributed by atoms with Crippen molar-refractivity contribution in [2.75, 3.05) is 18.4 Å². The van der Waals surface area contributed by atoms with Crippen LogP contribution in [0.3, 0.4) is 0 Å². The van der Waals surface area contributed by atoms with E-state index in [4.69, 9.17) is 0 Å². The van der Waals surface area contributed by atoms with Gasteiger partial charge in [-0.05, 0) is 13.3 Å². The molecule has 0 bridgehead atoms. The minimum Gasteiger partial charge on any atom is -0.360 e. The SMILES string of the molecule is CCCNc1nnc(C(=O)NCC)s1. The second kappa shape index (κ2) is 5.54. The molecule has 0 fully saturated rings. The predicted octanol–water partition coefficient (Wildman–Crippen LogP) is 1.11. The average molecular weight is 214 g/mol. The molecule has 1 aromatic rings. The summed E-state index contributed by atoms with van der Waals surface area (Å²) in [5, 5.41) is 14.5. The van der Waals surface area contributed by atoms with Gasteiger partial charge in [0.2, 0.25) is 10.1 Å². The molecule has 0 aromatic carbocycles. The fourth-order valence-electron chi connectivity index (χ4n) is 0.855. The van der Waals surface area contributed by atoms with Crippen LogP contribution in [0, 0.1) is 0 Å². The van der Waals surface area contributed by atoms with Crippen LogP contribution in [-0.2, 0) is 0 Å². The zero-order valence-corrected chi connectivity index (χ0v) is 9.15. The van der Waals surface area contributed by atoms with Crippen molar-refractivity contribution >= 4 is 22.4 Å². The molecule has 1 amide bonds. The van der Waals surface area contributed by atoms with Gasteiger partial charge in [0, 0.05) is 13.1 Å². The van der Waals surface area contributed by atoms with Crippen LogP contribution in [0.2, 0.25) is 0 Å². The molecule has 0 atom stereocenters. The highest BCUT2D eigenvalue weighted by Gasteiger charge is 2.10. The van der Waals surface area contributed by atoms with E-state index in [0.29, 0.717) is 16.7 Å². The van der Waals surface area contributed by atoms with E-state index in [0.717, 1.165) is 13.0 Å². The van der Waals surface area contributed by atoms with Crippen molar-refractivity contribution in [1.82, 2.24) is 15.5 Å². The first kappa shape index (κ1) is 10.9. The Morgan fingerprint density at radius 2 is 2.21 bits per heavy atom. The monoisotopic (exact) mass is 214 g/mol. The number of nitrogens with zero attached hydrogens (tertiary/aromatic N) is 2. The number of hydrogen-bond donors (Lipinski definition) is 2. The Balaban J connectivity index is 2.54. The largest absolute Gasteiger partial charge is 0.360 e. The van der Waals surface area contributed by atoms with Gasteiger partial charge in [0.05, 0.1) is 0 Å². The van der Waals surface area contributed by atoms with E-state index >= 15 is 0 Å². The lowest BCUT2D eigenvalue weighted by Crippen LogP contribution is -2.22. The summed E-state index contributed by atoms with van der Waals surface area (Å²) < 4.78 is 0. The summed E-state index contributed by atoms with van der Waals surface area (Å²) in [6, 6.07) is 0. The molecule has 0 aliphatic carbocycles. The molecule has 5 nitrogen and oxygen atoms in total. The maximum atomic E-state index is 11.3. The van der Waals surface area contributed by atoms with Crippen LogP contribution in [0.5, 0.6) is 0 Å². The molecule has 0 radical (unpaired) electrons. The van der Waals surface area contributed by atoms with Crippen molar-refractivity contribution in [2.24, 2.45) is 0 Å². The lowest BCUT2D eigenvalue weighted by atomic mass is 10.5. The molecule has 0 unspecified atom stereocenters. The van der Waals surface area contributed by atoms with Gasteiger partial charge >= 0.3 is 0 Å². The van der Waals surface area contributed by atoms with Gasteiger partial charge in [-0.25, -0.2) is 0 Å². The van der Waals surface area contributed by atoms with Gasteiger partial charge in [-0.15, -0.1) is 10.2 Å². The number of nitrogens with one attached hydrogen (secondary N) is 2. The third-order valence-electron chi connectivity index (χ3n) is 1.48. The van der Waals surface area contributed by atoms with Crippen LogP contribution in [0.1, 0.15) is 30.1 Å². The molecular weight excluding hydrogens is 200 g/mol. The summed E-state index contributed by atoms with van der Waals surface area (Å²) in [6.07, 6.45) is 1.02. The van der Waals surface area contributed by atoms with Crippen LogP contribution >= 0.6 is 11.3 Å². The Bertz CT molecular complexity index is 299. The molecule has 2 N–H and O–H groups in total. The van der Waals surface area contributed by atoms with Crippen molar-refractivity contribution < 1.29 is 4.79 Å². The van der Waals surface area contributed by atoms with Crippen LogP contribution in [0.15, 0.2) is 0 Å². The molecule has 0 saturated carbocycles. The zero-order chi connectivity index (χ0) is 10.4. The summed E-state index contributed by atoms with van der Waals surface area (Å²) in [5.41, 5.74) is 0. The van der Waals surface area contributed by atoms with Crippen LogP contribution < -0.4 is 10.6 Å². The number of amides is 1. The lowest BCUT2D eigenvalue weighted by Gasteiger charge is -1.96. The van der Waals surface area contributed by atoms with E-state index in [2.05, 4.69) is 27.8 Å². The van der Waals surface area contributed by atoms with Crippen molar-refractivity contribution in [3.8, 4) is 0 Å². The summed E-state index contributed by atoms with van der Waals surface area (Å²) in [7, 11) is 0. The Labute approximate surface area is 86.9 Å². The van der Waals surface area contributed by atoms with Crippen molar-refractivity contribution in [2.45, 2.75) is 20.3 Å². The van der Waals surface area contributed by atoms with E-state index < -0.39 is 0 Å². The Morgan fingerprint density at radius 3 is 2.86 bits per heavy atom. The van der Waals surface area contributed by atoms with E-state index in [1.165, 1.54) is 11.3 Å². The van der Waals surface area contributed by atoms with Gasteiger partial charge in [-0.3, -0.25) is 4.79 Å². The van der Waals surface area contributed by atoms with Crippen molar-refractivity contribution in [1.29, 1.82) is 0 Å². The smallest absolute Gasteiger partial charge is 0.282 e. The summed E-state index contributed by atoms with van der Waals surface area (Å²) in [5.74, 6) is -0.158. The highest BCUT2D eigenvalue weighted by atomic mass is 32.1.